The van der Waals surface area contributed by atoms with Gasteiger partial charge in [0.05, 0.1) is 41.5 Å². The van der Waals surface area contributed by atoms with Gasteiger partial charge in [0.1, 0.15) is 31.2 Å². The van der Waals surface area contributed by atoms with Crippen LogP contribution in [0.4, 0.5) is 28.9 Å². The summed E-state index contributed by atoms with van der Waals surface area (Å²) in [6, 6.07) is 9.94. The number of aromatic nitrogens is 1. The van der Waals surface area contributed by atoms with Crippen molar-refractivity contribution in [1.29, 1.82) is 0 Å². The molecule has 1 saturated heterocycles. The number of anilines is 2. The van der Waals surface area contributed by atoms with Gasteiger partial charge in [0.2, 0.25) is 0 Å². The number of ether oxygens (including phenoxy) is 3. The molecule has 1 fully saturated rings. The average molecular weight is 711 g/mol. The van der Waals surface area contributed by atoms with Gasteiger partial charge in [-0.1, -0.05) is 12.0 Å². The Morgan fingerprint density at radius 2 is 1.86 bits per heavy atom. The molecule has 0 unspecified atom stereocenters. The van der Waals surface area contributed by atoms with E-state index in [0.717, 1.165) is 10.8 Å². The summed E-state index contributed by atoms with van der Waals surface area (Å²) in [5, 5.41) is 6.60. The van der Waals surface area contributed by atoms with Gasteiger partial charge in [0.25, 0.3) is 0 Å². The number of sulfone groups is 1. The molecule has 4 rings (SSSR count). The van der Waals surface area contributed by atoms with Gasteiger partial charge in [0, 0.05) is 56.9 Å². The lowest BCUT2D eigenvalue weighted by Crippen LogP contribution is -2.50. The molecule has 0 bridgehead atoms. The zero-order valence-corrected chi connectivity index (χ0v) is 28.2. The van der Waals surface area contributed by atoms with Crippen LogP contribution in [0, 0.1) is 11.8 Å². The van der Waals surface area contributed by atoms with Crippen LogP contribution in [0.5, 0.6) is 5.75 Å². The molecule has 2 aromatic carbocycles. The topological polar surface area (TPSA) is 128 Å². The van der Waals surface area contributed by atoms with Crippen LogP contribution >= 0.6 is 0 Å². The monoisotopic (exact) mass is 710 g/mol. The fraction of sp³-hybridized carbons (Fsp3) is 0.455. The van der Waals surface area contributed by atoms with E-state index in [-0.39, 0.29) is 48.1 Å². The van der Waals surface area contributed by atoms with Gasteiger partial charge >= 0.3 is 18.1 Å². The minimum atomic E-state index is -4.55. The van der Waals surface area contributed by atoms with Crippen LogP contribution in [0.1, 0.15) is 26.0 Å². The molecule has 3 atom stereocenters. The lowest BCUT2D eigenvalue weighted by Gasteiger charge is -2.36. The molecule has 1 aliphatic heterocycles. The van der Waals surface area contributed by atoms with Crippen LogP contribution in [0.15, 0.2) is 47.4 Å². The Morgan fingerprint density at radius 1 is 1.10 bits per heavy atom. The Labute approximate surface area is 281 Å². The Morgan fingerprint density at radius 3 is 2.49 bits per heavy atom. The van der Waals surface area contributed by atoms with Gasteiger partial charge in [-0.3, -0.25) is 14.5 Å². The van der Waals surface area contributed by atoms with E-state index in [4.69, 9.17) is 14.2 Å². The molecule has 0 aliphatic carbocycles. The molecular formula is C33H38F4N4O7S. The number of esters is 2. The number of hydrogen-bond acceptors (Lipinski definition) is 10. The summed E-state index contributed by atoms with van der Waals surface area (Å²) in [6.07, 6.45) is -5.27. The lowest BCUT2D eigenvalue weighted by molar-refractivity contribution is -0.157. The molecule has 2 heterocycles. The number of carbonyl (C=O) groups is 2. The standard InChI is InChI=1S/C33H38F4N4O7S/c1-21(42)47-19-24(48-22(2)43)17-40-14-12-29(27(34)18-40)39-28-8-5-9-31-26(28)15-23(41(31)20-33(35,36)37)7-6-13-38-30-11-10-25(49(4,44)45)16-32(30)46-3/h5,8-11,15-16,24,27,29,38-39H,12-14,17-20H2,1-4H3/t24-,27+,29-/m1/s1. The second-order valence-electron chi connectivity index (χ2n) is 11.6. The van der Waals surface area contributed by atoms with Crippen molar-refractivity contribution >= 4 is 44.1 Å². The molecule has 49 heavy (non-hydrogen) atoms. The molecule has 0 saturated carbocycles. The predicted octanol–water partition coefficient (Wildman–Crippen LogP) is 4.40. The van der Waals surface area contributed by atoms with Gasteiger partial charge in [-0.2, -0.15) is 13.2 Å². The quantitative estimate of drug-likeness (QED) is 0.159. The summed E-state index contributed by atoms with van der Waals surface area (Å²) in [4.78, 5) is 24.6. The Kier molecular flexibility index (Phi) is 12.0. The number of fused-ring (bicyclic) bond motifs is 1. The van der Waals surface area contributed by atoms with Crippen molar-refractivity contribution in [2.75, 3.05) is 56.8 Å². The molecule has 3 aromatic rings. The second kappa shape index (κ2) is 15.8. The number of rotatable bonds is 12. The van der Waals surface area contributed by atoms with Gasteiger partial charge < -0.3 is 29.4 Å². The minimum Gasteiger partial charge on any atom is -0.495 e. The highest BCUT2D eigenvalue weighted by Gasteiger charge is 2.33. The summed E-state index contributed by atoms with van der Waals surface area (Å²) in [5.74, 6) is 4.79. The van der Waals surface area contributed by atoms with Gasteiger partial charge in [0.15, 0.2) is 9.84 Å². The number of methoxy groups -OCH3 is 1. The number of piperidine rings is 1. The molecule has 266 valence electrons. The zero-order chi connectivity index (χ0) is 35.9. The van der Waals surface area contributed by atoms with Gasteiger partial charge in [-0.15, -0.1) is 0 Å². The lowest BCUT2D eigenvalue weighted by atomic mass is 10.0. The number of alkyl halides is 4. The normalized spacial score (nSPS) is 17.5. The van der Waals surface area contributed by atoms with E-state index >= 15 is 4.39 Å². The molecule has 1 aliphatic rings. The first-order valence-corrected chi connectivity index (χ1v) is 17.2. The Balaban J connectivity index is 1.51. The molecular weight excluding hydrogens is 672 g/mol. The number of nitrogens with zero attached hydrogens (tertiary/aromatic N) is 2. The van der Waals surface area contributed by atoms with Crippen molar-refractivity contribution in [3.63, 3.8) is 0 Å². The highest BCUT2D eigenvalue weighted by molar-refractivity contribution is 7.90. The van der Waals surface area contributed by atoms with Crippen LogP contribution < -0.4 is 15.4 Å². The van der Waals surface area contributed by atoms with Gasteiger partial charge in [-0.05, 0) is 42.7 Å². The van der Waals surface area contributed by atoms with E-state index in [9.17, 15) is 31.2 Å². The van der Waals surface area contributed by atoms with E-state index in [1.165, 1.54) is 51.3 Å². The van der Waals surface area contributed by atoms with E-state index in [1.807, 2.05) is 0 Å². The summed E-state index contributed by atoms with van der Waals surface area (Å²) in [5.41, 5.74) is 1.26. The van der Waals surface area contributed by atoms with Gasteiger partial charge in [-0.25, -0.2) is 12.8 Å². The number of hydrogen-bond donors (Lipinski definition) is 2. The van der Waals surface area contributed by atoms with Crippen LogP contribution in [-0.2, 0) is 35.4 Å². The fourth-order valence-electron chi connectivity index (χ4n) is 5.54. The van der Waals surface area contributed by atoms with Crippen LogP contribution in [0.2, 0.25) is 0 Å². The van der Waals surface area contributed by atoms with Crippen molar-refractivity contribution in [2.24, 2.45) is 0 Å². The second-order valence-corrected chi connectivity index (χ2v) is 13.6. The SMILES string of the molecule is COc1cc(S(C)(=O)=O)ccc1NCC#Cc1cc2c(N[C@@H]3CCN(C[C@H](COC(C)=O)OC(C)=O)C[C@@H]3F)cccc2n1CC(F)(F)F. The largest absolute Gasteiger partial charge is 0.495 e. The number of carbonyl (C=O) groups excluding carboxylic acids is 2. The first kappa shape index (κ1) is 37.3. The summed E-state index contributed by atoms with van der Waals surface area (Å²) < 4.78 is 96.8. The summed E-state index contributed by atoms with van der Waals surface area (Å²) in [6.45, 7) is 1.59. The summed E-state index contributed by atoms with van der Waals surface area (Å²) >= 11 is 0. The molecule has 2 N–H and O–H groups in total. The maximum atomic E-state index is 15.5. The van der Waals surface area contributed by atoms with Crippen molar-refractivity contribution in [3.8, 4) is 17.6 Å². The molecule has 0 amide bonds. The van der Waals surface area contributed by atoms with Crippen molar-refractivity contribution < 1.29 is 49.8 Å². The van der Waals surface area contributed by atoms with Crippen LogP contribution in [0.25, 0.3) is 10.9 Å². The third-order valence-electron chi connectivity index (χ3n) is 7.70. The number of halogens is 4. The predicted molar refractivity (Wildman–Crippen MR) is 175 cm³/mol. The third kappa shape index (κ3) is 10.5. The summed E-state index contributed by atoms with van der Waals surface area (Å²) in [7, 11) is -2.09. The maximum Gasteiger partial charge on any atom is 0.406 e. The van der Waals surface area contributed by atoms with Crippen molar-refractivity contribution in [3.05, 3.63) is 48.2 Å². The Hall–Kier alpha value is -4.49. The van der Waals surface area contributed by atoms with Crippen molar-refractivity contribution in [2.45, 2.75) is 56.2 Å². The van der Waals surface area contributed by atoms with E-state index in [2.05, 4.69) is 22.5 Å². The van der Waals surface area contributed by atoms with Crippen LogP contribution in [0.3, 0.4) is 0 Å². The average Bonchev–Trinajstić information content (AvgIpc) is 3.35. The van der Waals surface area contributed by atoms with Crippen molar-refractivity contribution in [1.82, 2.24) is 9.47 Å². The molecule has 0 spiro atoms. The van der Waals surface area contributed by atoms with E-state index < -0.39 is 52.8 Å². The number of nitrogens with one attached hydrogen (secondary N) is 2. The first-order valence-electron chi connectivity index (χ1n) is 15.3. The third-order valence-corrected chi connectivity index (χ3v) is 8.81. The molecule has 16 heteroatoms. The fourth-order valence-corrected chi connectivity index (χ4v) is 6.18. The molecule has 1 aromatic heterocycles. The number of likely N-dealkylation sites (tertiary alicyclic amines) is 1. The highest BCUT2D eigenvalue weighted by Crippen LogP contribution is 2.32. The van der Waals surface area contributed by atoms with E-state index in [0.29, 0.717) is 29.7 Å². The maximum absolute atomic E-state index is 15.5. The zero-order valence-electron chi connectivity index (χ0n) is 27.4. The highest BCUT2D eigenvalue weighted by atomic mass is 32.2. The van der Waals surface area contributed by atoms with E-state index in [1.54, 1.807) is 17.0 Å². The minimum absolute atomic E-state index is 0.00788. The Bertz CT molecular complexity index is 1840. The molecule has 11 nitrogen and oxygen atoms in total. The first-order chi connectivity index (χ1) is 23.0. The number of benzene rings is 2. The molecule has 0 radical (unpaired) electrons. The smallest absolute Gasteiger partial charge is 0.406 e. The van der Waals surface area contributed by atoms with Crippen LogP contribution in [-0.4, -0.2) is 100 Å².